The van der Waals surface area contributed by atoms with E-state index in [1.165, 1.54) is 6.33 Å². The number of allylic oxidation sites excluding steroid dienone is 5. The normalized spacial score (nSPS) is 11.1. The third kappa shape index (κ3) is 4.10. The maximum Gasteiger partial charge on any atom is 0.177 e. The molecule has 21 heavy (non-hydrogen) atoms. The number of hydrogen-bond acceptors (Lipinski definition) is 5. The number of aromatic nitrogens is 5. The average molecular weight is 284 g/mol. The molecule has 2 rings (SSSR count). The smallest absolute Gasteiger partial charge is 0.177 e. The van der Waals surface area contributed by atoms with Gasteiger partial charge in [-0.05, 0) is 6.92 Å². The molecule has 0 aliphatic heterocycles. The summed E-state index contributed by atoms with van der Waals surface area (Å²) in [6.45, 7) is 9.70. The van der Waals surface area contributed by atoms with E-state index in [2.05, 4.69) is 31.7 Å². The molecule has 0 aliphatic rings. The first-order valence-corrected chi connectivity index (χ1v) is 6.70. The molecule has 0 fully saturated rings. The van der Waals surface area contributed by atoms with Crippen LogP contribution in [0.2, 0.25) is 0 Å². The third-order valence-electron chi connectivity index (χ3n) is 2.42. The molecule has 6 heteroatoms. The maximum atomic E-state index is 5.80. The molecule has 0 atom stereocenters. The lowest BCUT2D eigenvalue weighted by Gasteiger charge is -2.05. The number of aromatic amines is 1. The molecule has 0 saturated carbocycles. The highest BCUT2D eigenvalue weighted by Crippen LogP contribution is 2.21. The molecule has 0 spiro atoms. The summed E-state index contributed by atoms with van der Waals surface area (Å²) in [6.07, 6.45) is 10.4. The Bertz CT molecular complexity index is 626. The van der Waals surface area contributed by atoms with Crippen molar-refractivity contribution in [1.29, 1.82) is 0 Å². The summed E-state index contributed by atoms with van der Waals surface area (Å²) in [6, 6.07) is 0. The zero-order valence-corrected chi connectivity index (χ0v) is 12.5. The van der Waals surface area contributed by atoms with Gasteiger partial charge in [-0.2, -0.15) is 5.10 Å². The fourth-order valence-electron chi connectivity index (χ4n) is 1.49. The Morgan fingerprint density at radius 1 is 1.33 bits per heavy atom. The topological polar surface area (TPSA) is 93.4 Å². The molecule has 6 nitrogen and oxygen atoms in total. The van der Waals surface area contributed by atoms with Crippen LogP contribution in [0.1, 0.15) is 26.5 Å². The second-order valence-electron chi connectivity index (χ2n) is 3.68. The van der Waals surface area contributed by atoms with Crippen LogP contribution >= 0.6 is 0 Å². The monoisotopic (exact) mass is 284 g/mol. The van der Waals surface area contributed by atoms with Crippen LogP contribution in [0.25, 0.3) is 17.1 Å². The van der Waals surface area contributed by atoms with Gasteiger partial charge in [0.1, 0.15) is 12.0 Å². The standard InChI is InChI=1S/C13H14N6.C2H6/c1-3-5-6-9(4-2)10-7-15-12(14)11(18-10)13-16-8-17-19-13;1-2/h3-8H,2H2,1H3,(H2,14,15)(H,16,17,19);1-2H3/b5-3-,9-6+;. The van der Waals surface area contributed by atoms with Gasteiger partial charge in [-0.15, -0.1) is 0 Å². The van der Waals surface area contributed by atoms with Crippen molar-refractivity contribution in [1.82, 2.24) is 25.1 Å². The maximum absolute atomic E-state index is 5.80. The molecule has 0 bridgehead atoms. The second kappa shape index (κ2) is 8.42. The number of nitrogen functional groups attached to an aromatic ring is 1. The van der Waals surface area contributed by atoms with Crippen molar-refractivity contribution in [2.45, 2.75) is 20.8 Å². The van der Waals surface area contributed by atoms with Crippen molar-refractivity contribution >= 4 is 11.4 Å². The zero-order valence-electron chi connectivity index (χ0n) is 12.5. The van der Waals surface area contributed by atoms with Crippen molar-refractivity contribution in [2.75, 3.05) is 5.73 Å². The number of rotatable bonds is 4. The van der Waals surface area contributed by atoms with Crippen molar-refractivity contribution < 1.29 is 0 Å². The van der Waals surface area contributed by atoms with Gasteiger partial charge in [0.25, 0.3) is 0 Å². The molecular formula is C15H20N6. The minimum atomic E-state index is 0.301. The number of nitrogens with two attached hydrogens (primary N) is 1. The molecule has 0 saturated heterocycles. The number of H-pyrrole nitrogens is 1. The van der Waals surface area contributed by atoms with E-state index >= 15 is 0 Å². The average Bonchev–Trinajstić information content (AvgIpc) is 3.05. The van der Waals surface area contributed by atoms with Crippen molar-refractivity contribution in [3.8, 4) is 11.5 Å². The minimum Gasteiger partial charge on any atom is -0.382 e. The molecule has 0 aliphatic carbocycles. The van der Waals surface area contributed by atoms with E-state index in [9.17, 15) is 0 Å². The Kier molecular flexibility index (Phi) is 6.53. The minimum absolute atomic E-state index is 0.301. The van der Waals surface area contributed by atoms with Crippen LogP contribution in [0, 0.1) is 0 Å². The van der Waals surface area contributed by atoms with Gasteiger partial charge in [0.05, 0.1) is 11.9 Å². The molecule has 2 aromatic rings. The molecule has 110 valence electrons. The molecule has 3 N–H and O–H groups in total. The number of nitrogens with one attached hydrogen (secondary N) is 1. The summed E-state index contributed by atoms with van der Waals surface area (Å²) in [4.78, 5) is 12.6. The van der Waals surface area contributed by atoms with Gasteiger partial charge in [0, 0.05) is 5.57 Å². The fourth-order valence-corrected chi connectivity index (χ4v) is 1.49. The predicted octanol–water partition coefficient (Wildman–Crippen LogP) is 3.02. The molecule has 0 unspecified atom stereocenters. The van der Waals surface area contributed by atoms with Crippen LogP contribution in [0.15, 0.2) is 43.4 Å². The second-order valence-corrected chi connectivity index (χ2v) is 3.68. The molecular weight excluding hydrogens is 264 g/mol. The summed E-state index contributed by atoms with van der Waals surface area (Å²) in [7, 11) is 0. The van der Waals surface area contributed by atoms with Crippen LogP contribution in [0.4, 0.5) is 5.82 Å². The van der Waals surface area contributed by atoms with Crippen LogP contribution in [-0.2, 0) is 0 Å². The van der Waals surface area contributed by atoms with Gasteiger partial charge >= 0.3 is 0 Å². The highest BCUT2D eigenvalue weighted by Gasteiger charge is 2.11. The molecule has 0 amide bonds. The SMILES string of the molecule is C=C/C(=C\C=C/C)c1cnc(N)c(-c2ncn[nH]2)n1.CC. The van der Waals surface area contributed by atoms with Gasteiger partial charge in [-0.1, -0.05) is 44.7 Å². The Balaban J connectivity index is 0.00000106. The predicted molar refractivity (Wildman–Crippen MR) is 86.2 cm³/mol. The van der Waals surface area contributed by atoms with Gasteiger partial charge in [-0.3, -0.25) is 5.10 Å². The quantitative estimate of drug-likeness (QED) is 0.842. The summed E-state index contributed by atoms with van der Waals surface area (Å²) in [5, 5.41) is 6.50. The lowest BCUT2D eigenvalue weighted by atomic mass is 10.1. The summed E-state index contributed by atoms with van der Waals surface area (Å²) >= 11 is 0. The molecule has 2 heterocycles. The van der Waals surface area contributed by atoms with Crippen LogP contribution < -0.4 is 5.73 Å². The van der Waals surface area contributed by atoms with Crippen molar-refractivity contribution in [3.05, 3.63) is 49.1 Å². The lowest BCUT2D eigenvalue weighted by Crippen LogP contribution is -2.01. The van der Waals surface area contributed by atoms with E-state index in [4.69, 9.17) is 5.73 Å². The van der Waals surface area contributed by atoms with E-state index in [0.717, 1.165) is 5.57 Å². The van der Waals surface area contributed by atoms with E-state index < -0.39 is 0 Å². The van der Waals surface area contributed by atoms with Crippen molar-refractivity contribution in [3.63, 3.8) is 0 Å². The number of hydrogen-bond donors (Lipinski definition) is 2. The largest absolute Gasteiger partial charge is 0.382 e. The van der Waals surface area contributed by atoms with Crippen LogP contribution in [0.5, 0.6) is 0 Å². The van der Waals surface area contributed by atoms with Crippen molar-refractivity contribution in [2.24, 2.45) is 0 Å². The number of nitrogens with zero attached hydrogens (tertiary/aromatic N) is 4. The van der Waals surface area contributed by atoms with Gasteiger partial charge in [-0.25, -0.2) is 15.0 Å². The first-order chi connectivity index (χ1) is 10.3. The third-order valence-corrected chi connectivity index (χ3v) is 2.42. The Morgan fingerprint density at radius 2 is 2.10 bits per heavy atom. The fraction of sp³-hybridized carbons (Fsp3) is 0.200. The summed E-state index contributed by atoms with van der Waals surface area (Å²) < 4.78 is 0. The van der Waals surface area contributed by atoms with Gasteiger partial charge in [0.2, 0.25) is 0 Å². The molecule has 0 aromatic carbocycles. The molecule has 2 aromatic heterocycles. The van der Waals surface area contributed by atoms with Crippen LogP contribution in [0.3, 0.4) is 0 Å². The molecule has 0 radical (unpaired) electrons. The highest BCUT2D eigenvalue weighted by atomic mass is 15.2. The van der Waals surface area contributed by atoms with E-state index in [1.54, 1.807) is 12.3 Å². The highest BCUT2D eigenvalue weighted by molar-refractivity contribution is 5.74. The van der Waals surface area contributed by atoms with E-state index in [0.29, 0.717) is 23.0 Å². The van der Waals surface area contributed by atoms with Gasteiger partial charge < -0.3 is 5.73 Å². The van der Waals surface area contributed by atoms with E-state index in [1.807, 2.05) is 39.0 Å². The van der Waals surface area contributed by atoms with Crippen LogP contribution in [-0.4, -0.2) is 25.1 Å². The Morgan fingerprint density at radius 3 is 2.67 bits per heavy atom. The van der Waals surface area contributed by atoms with E-state index in [-0.39, 0.29) is 0 Å². The zero-order chi connectivity index (χ0) is 15.7. The Hall–Kier alpha value is -2.76. The van der Waals surface area contributed by atoms with Gasteiger partial charge in [0.15, 0.2) is 11.6 Å². The first kappa shape index (κ1) is 16.3. The number of anilines is 1. The first-order valence-electron chi connectivity index (χ1n) is 6.70. The summed E-state index contributed by atoms with van der Waals surface area (Å²) in [5.41, 5.74) is 7.80. The summed E-state index contributed by atoms with van der Waals surface area (Å²) in [5.74, 6) is 0.788. The lowest BCUT2D eigenvalue weighted by molar-refractivity contribution is 1.08. The Labute approximate surface area is 124 Å².